The van der Waals surface area contributed by atoms with Crippen LogP contribution in [0.15, 0.2) is 0 Å². The minimum atomic E-state index is 0.0990. The van der Waals surface area contributed by atoms with E-state index in [1.165, 1.54) is 15.8 Å². The quantitative estimate of drug-likeness (QED) is 0.788. The van der Waals surface area contributed by atoms with Gasteiger partial charge in [0.15, 0.2) is 0 Å². The maximum absolute atomic E-state index is 5.49. The van der Waals surface area contributed by atoms with E-state index in [1.54, 1.807) is 11.3 Å². The number of ether oxygens (including phenoxy) is 1. The summed E-state index contributed by atoms with van der Waals surface area (Å²) in [5.74, 6) is 1.93. The van der Waals surface area contributed by atoms with Crippen LogP contribution in [0.1, 0.15) is 56.8 Å². The van der Waals surface area contributed by atoms with E-state index < -0.39 is 0 Å². The molecule has 0 amide bonds. The van der Waals surface area contributed by atoms with Crippen molar-refractivity contribution in [2.75, 3.05) is 31.6 Å². The number of thiophene rings is 1. The molecule has 2 aromatic heterocycles. The van der Waals surface area contributed by atoms with Gasteiger partial charge in [0.25, 0.3) is 0 Å². The highest BCUT2D eigenvalue weighted by atomic mass is 32.1. The van der Waals surface area contributed by atoms with Crippen LogP contribution in [-0.4, -0.2) is 58.3 Å². The molecule has 2 N–H and O–H groups in total. The molecule has 6 nitrogen and oxygen atoms in total. The maximum Gasteiger partial charge on any atom is 0.146 e. The average molecular weight is 418 g/mol. The molecule has 0 radical (unpaired) electrons. The number of nitrogens with one attached hydrogen (secondary N) is 2. The minimum Gasteiger partial charge on any atom is -0.379 e. The lowest BCUT2D eigenvalue weighted by Crippen LogP contribution is -2.60. The van der Waals surface area contributed by atoms with Crippen molar-refractivity contribution in [3.63, 3.8) is 0 Å². The number of nitrogens with zero attached hydrogens (tertiary/aromatic N) is 3. The number of piperidine rings is 1. The Hall–Kier alpha value is -1.28. The van der Waals surface area contributed by atoms with Gasteiger partial charge in [-0.2, -0.15) is 0 Å². The van der Waals surface area contributed by atoms with Gasteiger partial charge in [-0.15, -0.1) is 11.3 Å². The number of anilines is 1. The highest BCUT2D eigenvalue weighted by Gasteiger charge is 2.38. The predicted octanol–water partition coefficient (Wildman–Crippen LogP) is 3.86. The van der Waals surface area contributed by atoms with E-state index in [0.717, 1.165) is 62.2 Å². The van der Waals surface area contributed by atoms with Crippen LogP contribution in [0.25, 0.3) is 10.2 Å². The fourth-order valence-corrected chi connectivity index (χ4v) is 6.09. The number of aryl methyl sites for hydroxylation is 2. The number of rotatable bonds is 4. The first-order valence-electron chi connectivity index (χ1n) is 10.7. The highest BCUT2D eigenvalue weighted by Crippen LogP contribution is 2.36. The summed E-state index contributed by atoms with van der Waals surface area (Å²) in [7, 11) is 0. The zero-order valence-electron chi connectivity index (χ0n) is 18.7. The number of hydrogen-bond acceptors (Lipinski definition) is 7. The van der Waals surface area contributed by atoms with Crippen LogP contribution < -0.4 is 10.6 Å². The summed E-state index contributed by atoms with van der Waals surface area (Å²) in [6.45, 7) is 17.8. The van der Waals surface area contributed by atoms with Crippen molar-refractivity contribution in [1.82, 2.24) is 20.2 Å². The van der Waals surface area contributed by atoms with Crippen molar-refractivity contribution < 1.29 is 4.74 Å². The third-order valence-corrected chi connectivity index (χ3v) is 7.18. The Bertz CT molecular complexity index is 869. The minimum absolute atomic E-state index is 0.0990. The molecule has 7 heteroatoms. The van der Waals surface area contributed by atoms with E-state index in [9.17, 15) is 0 Å². The summed E-state index contributed by atoms with van der Waals surface area (Å²) in [4.78, 5) is 14.8. The Balaban J connectivity index is 1.66. The van der Waals surface area contributed by atoms with Crippen molar-refractivity contribution in [3.8, 4) is 0 Å². The zero-order chi connectivity index (χ0) is 20.8. The lowest BCUT2D eigenvalue weighted by Gasteiger charge is -2.46. The third-order valence-electron chi connectivity index (χ3n) is 6.07. The number of hydrogen-bond donors (Lipinski definition) is 2. The molecule has 0 atom stereocenters. The molecule has 2 aliphatic heterocycles. The largest absolute Gasteiger partial charge is 0.379 e. The molecule has 29 heavy (non-hydrogen) atoms. The molecule has 160 valence electrons. The Labute approximate surface area is 178 Å². The van der Waals surface area contributed by atoms with E-state index in [2.05, 4.69) is 57.1 Å². The van der Waals surface area contributed by atoms with E-state index in [4.69, 9.17) is 14.7 Å². The fraction of sp³-hybridized carbons (Fsp3) is 0.727. The van der Waals surface area contributed by atoms with Gasteiger partial charge in [0.1, 0.15) is 16.5 Å². The topological polar surface area (TPSA) is 62.3 Å². The predicted molar refractivity (Wildman–Crippen MR) is 121 cm³/mol. The Kier molecular flexibility index (Phi) is 5.61. The Morgan fingerprint density at radius 1 is 1.10 bits per heavy atom. The van der Waals surface area contributed by atoms with Crippen molar-refractivity contribution >= 4 is 27.4 Å². The molecule has 0 saturated carbocycles. The van der Waals surface area contributed by atoms with Crippen LogP contribution in [-0.2, 0) is 11.3 Å². The van der Waals surface area contributed by atoms with Crippen molar-refractivity contribution in [2.45, 2.75) is 78.0 Å². The zero-order valence-corrected chi connectivity index (χ0v) is 19.5. The molecule has 0 bridgehead atoms. The van der Waals surface area contributed by atoms with Gasteiger partial charge in [0.2, 0.25) is 0 Å². The van der Waals surface area contributed by atoms with E-state index in [1.807, 2.05) is 0 Å². The van der Waals surface area contributed by atoms with Crippen molar-refractivity contribution in [2.24, 2.45) is 0 Å². The lowest BCUT2D eigenvalue weighted by molar-refractivity contribution is 0.0331. The maximum atomic E-state index is 5.49. The molecule has 0 unspecified atom stereocenters. The highest BCUT2D eigenvalue weighted by molar-refractivity contribution is 7.18. The van der Waals surface area contributed by atoms with Crippen molar-refractivity contribution in [1.29, 1.82) is 0 Å². The van der Waals surface area contributed by atoms with Gasteiger partial charge in [-0.05, 0) is 59.9 Å². The van der Waals surface area contributed by atoms with Crippen LogP contribution in [0.5, 0.6) is 0 Å². The van der Waals surface area contributed by atoms with Crippen LogP contribution >= 0.6 is 11.3 Å². The molecule has 2 saturated heterocycles. The second-order valence-electron chi connectivity index (χ2n) is 9.98. The first-order valence-corrected chi connectivity index (χ1v) is 11.6. The van der Waals surface area contributed by atoms with Gasteiger partial charge in [0.05, 0.1) is 25.1 Å². The Morgan fingerprint density at radius 2 is 1.76 bits per heavy atom. The standard InChI is InChI=1S/C22H35N5OS/c1-14-15(2)29-20-18(14)19(23-16-11-21(3,4)26-22(5,6)12-16)24-17(25-20)13-27-7-9-28-10-8-27/h16,26H,7-13H2,1-6H3,(H,23,24,25). The van der Waals surface area contributed by atoms with Crippen LogP contribution in [0.2, 0.25) is 0 Å². The lowest BCUT2D eigenvalue weighted by atomic mass is 9.79. The number of morpholine rings is 1. The number of fused-ring (bicyclic) bond motifs is 1. The van der Waals surface area contributed by atoms with E-state index in [0.29, 0.717) is 6.04 Å². The third kappa shape index (κ3) is 4.74. The summed E-state index contributed by atoms with van der Waals surface area (Å²) < 4.78 is 5.49. The second kappa shape index (κ2) is 7.76. The van der Waals surface area contributed by atoms with Crippen molar-refractivity contribution in [3.05, 3.63) is 16.3 Å². The molecule has 0 aromatic carbocycles. The Morgan fingerprint density at radius 3 is 2.41 bits per heavy atom. The number of aromatic nitrogens is 2. The van der Waals surface area contributed by atoms with Gasteiger partial charge < -0.3 is 15.4 Å². The first-order chi connectivity index (χ1) is 13.6. The molecular weight excluding hydrogens is 382 g/mol. The molecule has 2 aromatic rings. The van der Waals surface area contributed by atoms with Crippen LogP contribution in [0.4, 0.5) is 5.82 Å². The monoisotopic (exact) mass is 417 g/mol. The van der Waals surface area contributed by atoms with Gasteiger partial charge in [-0.25, -0.2) is 9.97 Å². The smallest absolute Gasteiger partial charge is 0.146 e. The van der Waals surface area contributed by atoms with E-state index >= 15 is 0 Å². The van der Waals surface area contributed by atoms with Gasteiger partial charge in [-0.3, -0.25) is 4.90 Å². The van der Waals surface area contributed by atoms with Gasteiger partial charge in [0, 0.05) is 35.1 Å². The SMILES string of the molecule is Cc1sc2nc(CN3CCOCC3)nc(NC3CC(C)(C)NC(C)(C)C3)c2c1C. The van der Waals surface area contributed by atoms with Gasteiger partial charge >= 0.3 is 0 Å². The van der Waals surface area contributed by atoms with Crippen LogP contribution in [0.3, 0.4) is 0 Å². The first kappa shape index (κ1) is 21.0. The molecule has 2 fully saturated rings. The summed E-state index contributed by atoms with van der Waals surface area (Å²) in [5, 5.41) is 8.82. The van der Waals surface area contributed by atoms with E-state index in [-0.39, 0.29) is 11.1 Å². The van der Waals surface area contributed by atoms with Gasteiger partial charge in [-0.1, -0.05) is 0 Å². The molecule has 4 heterocycles. The molecule has 0 spiro atoms. The summed E-state index contributed by atoms with van der Waals surface area (Å²) in [6.07, 6.45) is 2.14. The summed E-state index contributed by atoms with van der Waals surface area (Å²) in [5.41, 5.74) is 1.50. The molecule has 2 aliphatic rings. The second-order valence-corrected chi connectivity index (χ2v) is 11.2. The summed E-state index contributed by atoms with van der Waals surface area (Å²) in [6, 6.07) is 0.384. The molecular formula is C22H35N5OS. The fourth-order valence-electron chi connectivity index (χ4n) is 5.05. The normalized spacial score (nSPS) is 22.8. The van der Waals surface area contributed by atoms with Crippen LogP contribution in [0, 0.1) is 13.8 Å². The molecule has 0 aliphatic carbocycles. The average Bonchev–Trinajstić information content (AvgIpc) is 2.87. The molecule has 4 rings (SSSR count). The summed E-state index contributed by atoms with van der Waals surface area (Å²) >= 11 is 1.78.